The smallest absolute Gasteiger partial charge is 0.238 e. The Hall–Kier alpha value is -0.690. The van der Waals surface area contributed by atoms with Gasteiger partial charge in [0.2, 0.25) is 5.91 Å². The van der Waals surface area contributed by atoms with Crippen LogP contribution in [0.2, 0.25) is 0 Å². The van der Waals surface area contributed by atoms with E-state index in [-0.39, 0.29) is 17.6 Å². The van der Waals surface area contributed by atoms with Crippen LogP contribution in [0.1, 0.15) is 6.42 Å². The van der Waals surface area contributed by atoms with Crippen LogP contribution in [-0.4, -0.2) is 64.1 Å². The molecule has 0 aliphatic carbocycles. The molecule has 2 unspecified atom stereocenters. The standard InChI is InChI=1S/C11H21N3O3/c1-16-11(2-5-17-8-11)7-14-10(15)9-6-12-3-4-13-9/h9,12-13H,2-8H2,1H3,(H,14,15). The van der Waals surface area contributed by atoms with Crippen molar-refractivity contribution in [3.8, 4) is 0 Å². The van der Waals surface area contributed by atoms with Crippen LogP contribution >= 0.6 is 0 Å². The summed E-state index contributed by atoms with van der Waals surface area (Å²) in [6.07, 6.45) is 0.833. The van der Waals surface area contributed by atoms with Crippen LogP contribution in [0.4, 0.5) is 0 Å². The first-order chi connectivity index (χ1) is 8.26. The number of amides is 1. The van der Waals surface area contributed by atoms with Crippen LogP contribution in [-0.2, 0) is 14.3 Å². The molecule has 2 aliphatic rings. The lowest BCUT2D eigenvalue weighted by Crippen LogP contribution is -2.57. The number of carbonyl (C=O) groups excluding carboxylic acids is 1. The topological polar surface area (TPSA) is 71.6 Å². The van der Waals surface area contributed by atoms with Gasteiger partial charge in [0.25, 0.3) is 0 Å². The zero-order valence-electron chi connectivity index (χ0n) is 10.3. The fraction of sp³-hybridized carbons (Fsp3) is 0.909. The molecule has 2 atom stereocenters. The summed E-state index contributed by atoms with van der Waals surface area (Å²) >= 11 is 0. The first kappa shape index (κ1) is 12.8. The Morgan fingerprint density at radius 2 is 2.47 bits per heavy atom. The Balaban J connectivity index is 1.78. The van der Waals surface area contributed by atoms with E-state index in [9.17, 15) is 4.79 Å². The minimum Gasteiger partial charge on any atom is -0.378 e. The monoisotopic (exact) mass is 243 g/mol. The van der Waals surface area contributed by atoms with Gasteiger partial charge >= 0.3 is 0 Å². The number of rotatable bonds is 4. The van der Waals surface area contributed by atoms with Gasteiger partial charge in [0.1, 0.15) is 5.60 Å². The molecule has 0 aromatic carbocycles. The van der Waals surface area contributed by atoms with Crippen molar-refractivity contribution in [1.82, 2.24) is 16.0 Å². The highest BCUT2D eigenvalue weighted by Crippen LogP contribution is 2.21. The summed E-state index contributed by atoms with van der Waals surface area (Å²) in [6.45, 7) is 4.20. The highest BCUT2D eigenvalue weighted by atomic mass is 16.5. The lowest BCUT2D eigenvalue weighted by atomic mass is 10.0. The molecule has 0 bridgehead atoms. The maximum absolute atomic E-state index is 11.9. The molecule has 2 rings (SSSR count). The van der Waals surface area contributed by atoms with Gasteiger partial charge in [0.05, 0.1) is 12.6 Å². The Kier molecular flexibility index (Phi) is 4.33. The van der Waals surface area contributed by atoms with E-state index in [1.807, 2.05) is 0 Å². The maximum atomic E-state index is 11.9. The van der Waals surface area contributed by atoms with Crippen molar-refractivity contribution < 1.29 is 14.3 Å². The van der Waals surface area contributed by atoms with Crippen LogP contribution in [0.5, 0.6) is 0 Å². The fourth-order valence-electron chi connectivity index (χ4n) is 2.17. The molecule has 6 nitrogen and oxygen atoms in total. The quantitative estimate of drug-likeness (QED) is 0.559. The minimum atomic E-state index is -0.336. The second-order valence-electron chi connectivity index (χ2n) is 4.62. The Bertz CT molecular complexity index is 261. The molecule has 0 radical (unpaired) electrons. The van der Waals surface area contributed by atoms with Crippen LogP contribution in [0.25, 0.3) is 0 Å². The predicted octanol–water partition coefficient (Wildman–Crippen LogP) is -1.53. The lowest BCUT2D eigenvalue weighted by molar-refractivity contribution is -0.125. The summed E-state index contributed by atoms with van der Waals surface area (Å²) in [7, 11) is 1.67. The molecule has 2 heterocycles. The first-order valence-corrected chi connectivity index (χ1v) is 6.10. The predicted molar refractivity (Wildman–Crippen MR) is 62.8 cm³/mol. The average Bonchev–Trinajstić information content (AvgIpc) is 2.86. The number of hydrogen-bond acceptors (Lipinski definition) is 5. The molecular weight excluding hydrogens is 222 g/mol. The molecule has 6 heteroatoms. The summed E-state index contributed by atoms with van der Waals surface area (Å²) in [5.41, 5.74) is -0.336. The molecule has 1 amide bonds. The number of nitrogens with one attached hydrogen (secondary N) is 3. The SMILES string of the molecule is COC1(CNC(=O)C2CNCCN2)CCOC1. The zero-order chi connectivity index (χ0) is 12.1. The average molecular weight is 243 g/mol. The molecule has 0 aromatic rings. The van der Waals surface area contributed by atoms with Gasteiger partial charge in [-0.15, -0.1) is 0 Å². The number of hydrogen-bond donors (Lipinski definition) is 3. The molecule has 0 saturated carbocycles. The third-order valence-electron chi connectivity index (χ3n) is 3.44. The molecule has 98 valence electrons. The van der Waals surface area contributed by atoms with Crippen molar-refractivity contribution in [3.63, 3.8) is 0 Å². The van der Waals surface area contributed by atoms with Gasteiger partial charge in [-0.05, 0) is 0 Å². The Labute approximate surface area is 101 Å². The lowest BCUT2D eigenvalue weighted by Gasteiger charge is -2.28. The van der Waals surface area contributed by atoms with Crippen molar-refractivity contribution in [3.05, 3.63) is 0 Å². The number of methoxy groups -OCH3 is 1. The second kappa shape index (κ2) is 5.77. The van der Waals surface area contributed by atoms with E-state index in [1.54, 1.807) is 7.11 Å². The molecule has 17 heavy (non-hydrogen) atoms. The van der Waals surface area contributed by atoms with Gasteiger partial charge in [-0.3, -0.25) is 4.79 Å². The van der Waals surface area contributed by atoms with Gasteiger partial charge in [0.15, 0.2) is 0 Å². The maximum Gasteiger partial charge on any atom is 0.238 e. The summed E-state index contributed by atoms with van der Waals surface area (Å²) < 4.78 is 10.8. The van der Waals surface area contributed by atoms with E-state index in [0.717, 1.165) is 19.5 Å². The van der Waals surface area contributed by atoms with E-state index >= 15 is 0 Å². The Morgan fingerprint density at radius 3 is 3.06 bits per heavy atom. The minimum absolute atomic E-state index is 0.0283. The third kappa shape index (κ3) is 3.16. The first-order valence-electron chi connectivity index (χ1n) is 6.10. The van der Waals surface area contributed by atoms with Crippen molar-refractivity contribution >= 4 is 5.91 Å². The molecule has 3 N–H and O–H groups in total. The van der Waals surface area contributed by atoms with Crippen LogP contribution in [0.15, 0.2) is 0 Å². The molecule has 2 aliphatic heterocycles. The van der Waals surface area contributed by atoms with E-state index in [0.29, 0.717) is 26.3 Å². The van der Waals surface area contributed by atoms with Gasteiger partial charge in [-0.25, -0.2) is 0 Å². The molecule has 0 aromatic heterocycles. The number of carbonyl (C=O) groups is 1. The molecule has 2 fully saturated rings. The molecule has 2 saturated heterocycles. The van der Waals surface area contributed by atoms with Crippen molar-refractivity contribution in [2.75, 3.05) is 46.5 Å². The van der Waals surface area contributed by atoms with Gasteiger partial charge in [-0.1, -0.05) is 0 Å². The highest BCUT2D eigenvalue weighted by molar-refractivity contribution is 5.82. The fourth-order valence-corrected chi connectivity index (χ4v) is 2.17. The van der Waals surface area contributed by atoms with E-state index in [4.69, 9.17) is 9.47 Å². The van der Waals surface area contributed by atoms with Crippen molar-refractivity contribution in [2.24, 2.45) is 0 Å². The largest absolute Gasteiger partial charge is 0.378 e. The van der Waals surface area contributed by atoms with E-state index in [1.165, 1.54) is 0 Å². The number of piperazine rings is 1. The summed E-state index contributed by atoms with van der Waals surface area (Å²) in [6, 6.07) is -0.139. The van der Waals surface area contributed by atoms with Crippen molar-refractivity contribution in [2.45, 2.75) is 18.1 Å². The van der Waals surface area contributed by atoms with Crippen LogP contribution in [0, 0.1) is 0 Å². The normalized spacial score (nSPS) is 33.6. The number of ether oxygens (including phenoxy) is 2. The summed E-state index contributed by atoms with van der Waals surface area (Å²) in [4.78, 5) is 11.9. The zero-order valence-corrected chi connectivity index (χ0v) is 10.3. The summed E-state index contributed by atoms with van der Waals surface area (Å²) in [5.74, 6) is 0.0283. The van der Waals surface area contributed by atoms with Gasteiger partial charge in [0, 0.05) is 46.3 Å². The molecule has 0 spiro atoms. The van der Waals surface area contributed by atoms with Gasteiger partial charge < -0.3 is 25.4 Å². The second-order valence-corrected chi connectivity index (χ2v) is 4.62. The van der Waals surface area contributed by atoms with E-state index < -0.39 is 0 Å². The third-order valence-corrected chi connectivity index (χ3v) is 3.44. The van der Waals surface area contributed by atoms with E-state index in [2.05, 4.69) is 16.0 Å². The van der Waals surface area contributed by atoms with Crippen molar-refractivity contribution in [1.29, 1.82) is 0 Å². The molecular formula is C11H21N3O3. The Morgan fingerprint density at radius 1 is 1.59 bits per heavy atom. The van der Waals surface area contributed by atoms with Crippen LogP contribution in [0.3, 0.4) is 0 Å². The summed E-state index contributed by atoms with van der Waals surface area (Å²) in [5, 5.41) is 9.31. The highest BCUT2D eigenvalue weighted by Gasteiger charge is 2.35. The van der Waals surface area contributed by atoms with Crippen LogP contribution < -0.4 is 16.0 Å². The van der Waals surface area contributed by atoms with Gasteiger partial charge in [-0.2, -0.15) is 0 Å².